The van der Waals surface area contributed by atoms with Crippen molar-refractivity contribution in [2.45, 2.75) is 40.5 Å². The molecule has 0 spiro atoms. The molecule has 1 amide bonds. The van der Waals surface area contributed by atoms with Crippen molar-refractivity contribution in [2.24, 2.45) is 0 Å². The first-order valence-electron chi connectivity index (χ1n) is 7.85. The normalized spacial score (nSPS) is 10.2. The SMILES string of the molecule is CCOC(=O)Nc1c(CC)c([N+](=O)[O-])cc(CC)c1C(=O)OCC. The fourth-order valence-corrected chi connectivity index (χ4v) is 2.41. The number of anilines is 1. The quantitative estimate of drug-likeness (QED) is 0.463. The van der Waals surface area contributed by atoms with Crippen molar-refractivity contribution >= 4 is 23.4 Å². The van der Waals surface area contributed by atoms with E-state index >= 15 is 0 Å². The summed E-state index contributed by atoms with van der Waals surface area (Å²) in [6, 6.07) is 1.36. The van der Waals surface area contributed by atoms with E-state index in [4.69, 9.17) is 9.47 Å². The van der Waals surface area contributed by atoms with E-state index < -0.39 is 17.0 Å². The van der Waals surface area contributed by atoms with Crippen molar-refractivity contribution in [3.05, 3.63) is 32.9 Å². The summed E-state index contributed by atoms with van der Waals surface area (Å²) in [5.41, 5.74) is 0.766. The fraction of sp³-hybridized carbons (Fsp3) is 0.500. The summed E-state index contributed by atoms with van der Waals surface area (Å²) >= 11 is 0. The minimum absolute atomic E-state index is 0.0838. The molecule has 0 fully saturated rings. The molecule has 8 nitrogen and oxygen atoms in total. The van der Waals surface area contributed by atoms with Crippen molar-refractivity contribution in [3.8, 4) is 0 Å². The lowest BCUT2D eigenvalue weighted by Crippen LogP contribution is -2.20. The van der Waals surface area contributed by atoms with Gasteiger partial charge in [-0.1, -0.05) is 13.8 Å². The van der Waals surface area contributed by atoms with Crippen LogP contribution in [0, 0.1) is 10.1 Å². The van der Waals surface area contributed by atoms with Crippen LogP contribution in [0.15, 0.2) is 6.07 Å². The van der Waals surface area contributed by atoms with E-state index in [1.165, 1.54) is 6.07 Å². The highest BCUT2D eigenvalue weighted by Gasteiger charge is 2.28. The summed E-state index contributed by atoms with van der Waals surface area (Å²) in [6.45, 7) is 7.06. The Morgan fingerprint density at radius 1 is 1.12 bits per heavy atom. The summed E-state index contributed by atoms with van der Waals surface area (Å²) in [6.07, 6.45) is -0.148. The van der Waals surface area contributed by atoms with Crippen LogP contribution in [0.4, 0.5) is 16.2 Å². The molecule has 0 radical (unpaired) electrons. The maximum Gasteiger partial charge on any atom is 0.411 e. The third-order valence-corrected chi connectivity index (χ3v) is 3.41. The number of nitrogens with one attached hydrogen (secondary N) is 1. The summed E-state index contributed by atoms with van der Waals surface area (Å²) in [7, 11) is 0. The number of rotatable bonds is 7. The van der Waals surface area contributed by atoms with Crippen LogP contribution in [0.25, 0.3) is 0 Å². The van der Waals surface area contributed by atoms with Gasteiger partial charge in [0.2, 0.25) is 0 Å². The zero-order valence-electron chi connectivity index (χ0n) is 14.3. The van der Waals surface area contributed by atoms with E-state index in [-0.39, 0.29) is 42.1 Å². The number of amides is 1. The Hall–Kier alpha value is -2.64. The Labute approximate surface area is 140 Å². The Kier molecular flexibility index (Phi) is 7.16. The van der Waals surface area contributed by atoms with Crippen molar-refractivity contribution < 1.29 is 24.0 Å². The van der Waals surface area contributed by atoms with Gasteiger partial charge in [0.05, 0.1) is 35.0 Å². The van der Waals surface area contributed by atoms with E-state index in [9.17, 15) is 19.7 Å². The van der Waals surface area contributed by atoms with Crippen LogP contribution < -0.4 is 5.32 Å². The molecule has 1 aromatic rings. The van der Waals surface area contributed by atoms with Crippen LogP contribution in [-0.2, 0) is 22.3 Å². The molecule has 0 unspecified atom stereocenters. The first-order chi connectivity index (χ1) is 11.4. The molecule has 0 saturated heterocycles. The molecule has 1 aromatic carbocycles. The molecule has 24 heavy (non-hydrogen) atoms. The molecule has 0 aromatic heterocycles. The Morgan fingerprint density at radius 3 is 2.21 bits per heavy atom. The van der Waals surface area contributed by atoms with Crippen LogP contribution in [0.3, 0.4) is 0 Å². The summed E-state index contributed by atoms with van der Waals surface area (Å²) in [5.74, 6) is -0.634. The molecule has 0 bridgehead atoms. The number of benzene rings is 1. The zero-order chi connectivity index (χ0) is 18.3. The summed E-state index contributed by atoms with van der Waals surface area (Å²) in [4.78, 5) is 35.0. The van der Waals surface area contributed by atoms with E-state index in [1.54, 1.807) is 27.7 Å². The van der Waals surface area contributed by atoms with Gasteiger partial charge in [-0.2, -0.15) is 0 Å². The number of nitrogens with zero attached hydrogens (tertiary/aromatic N) is 1. The smallest absolute Gasteiger partial charge is 0.411 e. The highest BCUT2D eigenvalue weighted by molar-refractivity contribution is 6.03. The number of ether oxygens (including phenoxy) is 2. The first-order valence-corrected chi connectivity index (χ1v) is 7.85. The van der Waals surface area contributed by atoms with Gasteiger partial charge in [0.15, 0.2) is 0 Å². The minimum atomic E-state index is -0.778. The predicted molar refractivity (Wildman–Crippen MR) is 88.5 cm³/mol. The van der Waals surface area contributed by atoms with Gasteiger partial charge < -0.3 is 9.47 Å². The molecular weight excluding hydrogens is 316 g/mol. The highest BCUT2D eigenvalue weighted by atomic mass is 16.6. The number of nitro groups is 1. The standard InChI is InChI=1S/C16H22N2O6/c1-5-10-9-12(18(21)22)11(6-2)14(17-16(20)24-8-4)13(10)15(19)23-7-3/h9H,5-8H2,1-4H3,(H,17,20). The topological polar surface area (TPSA) is 108 Å². The zero-order valence-corrected chi connectivity index (χ0v) is 14.3. The van der Waals surface area contributed by atoms with Gasteiger partial charge in [0, 0.05) is 6.07 Å². The lowest BCUT2D eigenvalue weighted by Gasteiger charge is -2.17. The molecule has 1 rings (SSSR count). The number of carbonyl (C=O) groups excluding carboxylic acids is 2. The molecular formula is C16H22N2O6. The molecule has 0 saturated carbocycles. The highest BCUT2D eigenvalue weighted by Crippen LogP contribution is 2.35. The van der Waals surface area contributed by atoms with Crippen LogP contribution in [0.2, 0.25) is 0 Å². The van der Waals surface area contributed by atoms with Crippen molar-refractivity contribution in [3.63, 3.8) is 0 Å². The maximum absolute atomic E-state index is 12.3. The van der Waals surface area contributed by atoms with Crippen molar-refractivity contribution in [1.82, 2.24) is 0 Å². The molecule has 0 aliphatic heterocycles. The average Bonchev–Trinajstić information content (AvgIpc) is 2.53. The third-order valence-electron chi connectivity index (χ3n) is 3.41. The van der Waals surface area contributed by atoms with Crippen molar-refractivity contribution in [2.75, 3.05) is 18.5 Å². The minimum Gasteiger partial charge on any atom is -0.462 e. The lowest BCUT2D eigenvalue weighted by molar-refractivity contribution is -0.385. The number of nitro benzene ring substituents is 1. The molecule has 132 valence electrons. The molecule has 0 aliphatic rings. The van der Waals surface area contributed by atoms with Crippen molar-refractivity contribution in [1.29, 1.82) is 0 Å². The van der Waals surface area contributed by atoms with E-state index in [0.717, 1.165) is 0 Å². The Morgan fingerprint density at radius 2 is 1.75 bits per heavy atom. The second-order valence-electron chi connectivity index (χ2n) is 4.81. The number of carbonyl (C=O) groups is 2. The lowest BCUT2D eigenvalue weighted by atomic mass is 9.95. The van der Waals surface area contributed by atoms with Crippen LogP contribution in [0.1, 0.15) is 49.2 Å². The van der Waals surface area contributed by atoms with E-state index in [2.05, 4.69) is 5.32 Å². The van der Waals surface area contributed by atoms with Gasteiger partial charge in [0.25, 0.3) is 5.69 Å². The summed E-state index contributed by atoms with van der Waals surface area (Å²) in [5, 5.41) is 13.8. The summed E-state index contributed by atoms with van der Waals surface area (Å²) < 4.78 is 9.89. The number of hydrogen-bond donors (Lipinski definition) is 1. The molecule has 8 heteroatoms. The Bertz CT molecular complexity index is 642. The van der Waals surface area contributed by atoms with Gasteiger partial charge in [-0.3, -0.25) is 15.4 Å². The van der Waals surface area contributed by atoms with Gasteiger partial charge in [-0.05, 0) is 32.3 Å². The van der Waals surface area contributed by atoms with Crippen LogP contribution in [0.5, 0.6) is 0 Å². The number of aryl methyl sites for hydroxylation is 1. The second-order valence-corrected chi connectivity index (χ2v) is 4.81. The fourth-order valence-electron chi connectivity index (χ4n) is 2.41. The molecule has 0 atom stereocenters. The van der Waals surface area contributed by atoms with E-state index in [0.29, 0.717) is 12.0 Å². The van der Waals surface area contributed by atoms with Gasteiger partial charge in [-0.15, -0.1) is 0 Å². The molecule has 0 heterocycles. The largest absolute Gasteiger partial charge is 0.462 e. The van der Waals surface area contributed by atoms with Crippen LogP contribution in [-0.4, -0.2) is 30.2 Å². The molecule has 1 N–H and O–H groups in total. The number of hydrogen-bond acceptors (Lipinski definition) is 6. The molecule has 0 aliphatic carbocycles. The van der Waals surface area contributed by atoms with Gasteiger partial charge in [0.1, 0.15) is 0 Å². The third kappa shape index (κ3) is 4.21. The second kappa shape index (κ2) is 8.85. The van der Waals surface area contributed by atoms with Crippen LogP contribution >= 0.6 is 0 Å². The average molecular weight is 338 g/mol. The Balaban J connectivity index is 3.66. The van der Waals surface area contributed by atoms with Gasteiger partial charge >= 0.3 is 12.1 Å². The monoisotopic (exact) mass is 338 g/mol. The van der Waals surface area contributed by atoms with Gasteiger partial charge in [-0.25, -0.2) is 9.59 Å². The van der Waals surface area contributed by atoms with E-state index in [1.807, 2.05) is 0 Å². The maximum atomic E-state index is 12.3. The predicted octanol–water partition coefficient (Wildman–Crippen LogP) is 3.46. The number of esters is 1. The first kappa shape index (κ1) is 19.4.